The van der Waals surface area contributed by atoms with Gasteiger partial charge in [-0.3, -0.25) is 4.79 Å². The Morgan fingerprint density at radius 3 is 2.70 bits per heavy atom. The molecule has 1 aliphatic rings. The number of halogens is 1. The van der Waals surface area contributed by atoms with E-state index in [1.165, 1.54) is 0 Å². The molecule has 3 rings (SSSR count). The van der Waals surface area contributed by atoms with E-state index >= 15 is 0 Å². The van der Waals surface area contributed by atoms with E-state index < -0.39 is 6.23 Å². The lowest BCUT2D eigenvalue weighted by Gasteiger charge is -2.25. The normalized spacial score (nSPS) is 17.6. The fourth-order valence-corrected chi connectivity index (χ4v) is 2.77. The molecule has 4 nitrogen and oxygen atoms in total. The quantitative estimate of drug-likeness (QED) is 0.836. The molecule has 1 amide bonds. The Balaban J connectivity index is 1.86. The summed E-state index contributed by atoms with van der Waals surface area (Å²) in [6, 6.07) is 15.1. The lowest BCUT2D eigenvalue weighted by Crippen LogP contribution is -2.28. The van der Waals surface area contributed by atoms with Crippen LogP contribution in [0.4, 0.5) is 0 Å². The van der Waals surface area contributed by atoms with Gasteiger partial charge in [0.2, 0.25) is 0 Å². The maximum Gasteiger partial charge on any atom is 0.251 e. The van der Waals surface area contributed by atoms with E-state index in [0.717, 1.165) is 16.9 Å². The Kier molecular flexibility index (Phi) is 4.84. The van der Waals surface area contributed by atoms with E-state index in [9.17, 15) is 4.79 Å². The van der Waals surface area contributed by atoms with Gasteiger partial charge in [-0.15, -0.1) is 0 Å². The average molecular weight is 332 g/mol. The van der Waals surface area contributed by atoms with Crippen molar-refractivity contribution < 1.29 is 14.3 Å². The molecule has 1 heterocycles. The van der Waals surface area contributed by atoms with E-state index in [1.807, 2.05) is 55.5 Å². The van der Waals surface area contributed by atoms with E-state index in [4.69, 9.17) is 21.1 Å². The maximum absolute atomic E-state index is 12.2. The molecule has 1 fully saturated rings. The first-order valence-electron chi connectivity index (χ1n) is 7.56. The second kappa shape index (κ2) is 7.02. The predicted octanol–water partition coefficient (Wildman–Crippen LogP) is 3.80. The van der Waals surface area contributed by atoms with Crippen molar-refractivity contribution in [2.75, 3.05) is 13.2 Å². The highest BCUT2D eigenvalue weighted by molar-refractivity contribution is 6.30. The number of rotatable bonds is 5. The number of hydrogen-bond donors (Lipinski definition) is 0. The van der Waals surface area contributed by atoms with Gasteiger partial charge >= 0.3 is 0 Å². The topological polar surface area (TPSA) is 38.8 Å². The molecule has 2 aromatic rings. The maximum atomic E-state index is 12.2. The van der Waals surface area contributed by atoms with Crippen molar-refractivity contribution >= 4 is 17.5 Å². The molecule has 0 aromatic heterocycles. The van der Waals surface area contributed by atoms with Crippen LogP contribution in [0.2, 0.25) is 5.02 Å². The molecule has 0 saturated carbocycles. The highest BCUT2D eigenvalue weighted by Crippen LogP contribution is 2.35. The summed E-state index contributed by atoms with van der Waals surface area (Å²) >= 11 is 5.92. The number of amides is 1. The first-order chi connectivity index (χ1) is 11.2. The number of carbonyl (C=O) groups excluding carboxylic acids is 1. The highest BCUT2D eigenvalue weighted by atomic mass is 35.5. The fourth-order valence-electron chi connectivity index (χ4n) is 2.64. The summed E-state index contributed by atoms with van der Waals surface area (Å²) in [4.78, 5) is 14.0. The van der Waals surface area contributed by atoms with Crippen LogP contribution in [0.5, 0.6) is 5.75 Å². The molecule has 120 valence electrons. The van der Waals surface area contributed by atoms with Gasteiger partial charge < -0.3 is 14.4 Å². The average Bonchev–Trinajstić information content (AvgIpc) is 2.91. The van der Waals surface area contributed by atoms with Crippen LogP contribution in [0.3, 0.4) is 0 Å². The minimum Gasteiger partial charge on any atom is -0.493 e. The van der Waals surface area contributed by atoms with Crippen molar-refractivity contribution in [1.82, 2.24) is 4.90 Å². The smallest absolute Gasteiger partial charge is 0.251 e. The van der Waals surface area contributed by atoms with Crippen LogP contribution in [-0.4, -0.2) is 24.0 Å². The van der Waals surface area contributed by atoms with Crippen molar-refractivity contribution in [3.8, 4) is 5.75 Å². The van der Waals surface area contributed by atoms with Crippen LogP contribution in [0.1, 0.15) is 24.3 Å². The van der Waals surface area contributed by atoms with Crippen molar-refractivity contribution in [3.05, 3.63) is 64.7 Å². The molecule has 0 bridgehead atoms. The van der Waals surface area contributed by atoms with Gasteiger partial charge in [0.25, 0.3) is 5.91 Å². The van der Waals surface area contributed by atoms with Gasteiger partial charge in [0.1, 0.15) is 12.4 Å². The van der Waals surface area contributed by atoms with Gasteiger partial charge in [0, 0.05) is 17.1 Å². The van der Waals surface area contributed by atoms with Crippen LogP contribution < -0.4 is 4.74 Å². The van der Waals surface area contributed by atoms with Gasteiger partial charge in [0.05, 0.1) is 6.61 Å². The zero-order valence-electron chi connectivity index (χ0n) is 12.9. The summed E-state index contributed by atoms with van der Waals surface area (Å²) < 4.78 is 11.4. The van der Waals surface area contributed by atoms with Crippen LogP contribution in [0, 0.1) is 0 Å². The van der Waals surface area contributed by atoms with Crippen molar-refractivity contribution in [3.63, 3.8) is 0 Å². The Labute approximate surface area is 140 Å². The molecule has 1 atom stereocenters. The van der Waals surface area contributed by atoms with Gasteiger partial charge in [-0.05, 0) is 30.7 Å². The van der Waals surface area contributed by atoms with Gasteiger partial charge in [-0.1, -0.05) is 41.9 Å². The molecule has 5 heteroatoms. The number of nitrogens with zero attached hydrogens (tertiary/aromatic N) is 1. The van der Waals surface area contributed by atoms with Crippen molar-refractivity contribution in [2.45, 2.75) is 19.7 Å². The Bertz CT molecular complexity index is 687. The Morgan fingerprint density at radius 1 is 1.22 bits per heavy atom. The van der Waals surface area contributed by atoms with Crippen molar-refractivity contribution in [2.24, 2.45) is 0 Å². The Hall–Kier alpha value is -2.04. The zero-order valence-corrected chi connectivity index (χ0v) is 13.6. The molecular formula is C18H18ClNO3. The third-order valence-corrected chi connectivity index (χ3v) is 3.97. The molecule has 1 unspecified atom stereocenters. The molecule has 1 saturated heterocycles. The summed E-state index contributed by atoms with van der Waals surface area (Å²) in [5.74, 6) is 0.715. The lowest BCUT2D eigenvalue weighted by atomic mass is 10.1. The summed E-state index contributed by atoms with van der Waals surface area (Å²) in [7, 11) is 0. The minimum atomic E-state index is -0.430. The standard InChI is InChI=1S/C18H18ClNO3/c1-2-22-16-6-4-3-5-15(16)18-20(17(21)12-23-18)11-13-7-9-14(19)10-8-13/h3-10,18H,2,11-12H2,1H3. The minimum absolute atomic E-state index is 0.0312. The molecule has 0 aliphatic carbocycles. The molecule has 0 radical (unpaired) electrons. The number of benzene rings is 2. The van der Waals surface area contributed by atoms with Crippen molar-refractivity contribution in [1.29, 1.82) is 0 Å². The van der Waals surface area contributed by atoms with E-state index in [-0.39, 0.29) is 12.5 Å². The fraction of sp³-hybridized carbons (Fsp3) is 0.278. The Morgan fingerprint density at radius 2 is 1.96 bits per heavy atom. The zero-order chi connectivity index (χ0) is 16.2. The van der Waals surface area contributed by atoms with Crippen LogP contribution in [0.25, 0.3) is 0 Å². The predicted molar refractivity (Wildman–Crippen MR) is 88.3 cm³/mol. The van der Waals surface area contributed by atoms with Gasteiger partial charge in [-0.2, -0.15) is 0 Å². The monoisotopic (exact) mass is 331 g/mol. The first kappa shape index (κ1) is 15.8. The second-order valence-electron chi connectivity index (χ2n) is 5.28. The highest BCUT2D eigenvalue weighted by Gasteiger charge is 2.34. The molecule has 0 spiro atoms. The summed E-state index contributed by atoms with van der Waals surface area (Å²) in [5, 5.41) is 0.677. The molecule has 1 aliphatic heterocycles. The molecular weight excluding hydrogens is 314 g/mol. The number of para-hydroxylation sites is 1. The van der Waals surface area contributed by atoms with Crippen LogP contribution in [0.15, 0.2) is 48.5 Å². The van der Waals surface area contributed by atoms with Crippen LogP contribution in [-0.2, 0) is 16.1 Å². The second-order valence-corrected chi connectivity index (χ2v) is 5.72. The first-order valence-corrected chi connectivity index (χ1v) is 7.94. The number of carbonyl (C=O) groups is 1. The largest absolute Gasteiger partial charge is 0.493 e. The van der Waals surface area contributed by atoms with E-state index in [2.05, 4.69) is 0 Å². The number of ether oxygens (including phenoxy) is 2. The molecule has 23 heavy (non-hydrogen) atoms. The van der Waals surface area contributed by atoms with E-state index in [1.54, 1.807) is 4.90 Å². The SMILES string of the molecule is CCOc1ccccc1C1OCC(=O)N1Cc1ccc(Cl)cc1. The lowest BCUT2D eigenvalue weighted by molar-refractivity contribution is -0.128. The van der Waals surface area contributed by atoms with Crippen LogP contribution >= 0.6 is 11.6 Å². The summed E-state index contributed by atoms with van der Waals surface area (Å²) in [6.45, 7) is 3.05. The van der Waals surface area contributed by atoms with Gasteiger partial charge in [-0.25, -0.2) is 0 Å². The van der Waals surface area contributed by atoms with E-state index in [0.29, 0.717) is 18.2 Å². The number of hydrogen-bond acceptors (Lipinski definition) is 3. The third kappa shape index (κ3) is 3.49. The third-order valence-electron chi connectivity index (χ3n) is 3.72. The molecule has 0 N–H and O–H groups in total. The molecule has 2 aromatic carbocycles. The summed E-state index contributed by atoms with van der Waals surface area (Å²) in [6.07, 6.45) is -0.430. The van der Waals surface area contributed by atoms with Gasteiger partial charge in [0.15, 0.2) is 6.23 Å². The summed E-state index contributed by atoms with van der Waals surface area (Å²) in [5.41, 5.74) is 1.88.